The molecule has 0 atom stereocenters. The van der Waals surface area contributed by atoms with E-state index >= 15 is 0 Å². The van der Waals surface area contributed by atoms with Gasteiger partial charge in [-0.2, -0.15) is 0 Å². The Labute approximate surface area is 165 Å². The first-order valence-electron chi connectivity index (χ1n) is 8.87. The number of rotatable bonds is 10. The van der Waals surface area contributed by atoms with Crippen LogP contribution in [0.5, 0.6) is 11.5 Å². The van der Waals surface area contributed by atoms with E-state index in [9.17, 15) is 4.79 Å². The van der Waals surface area contributed by atoms with Crippen LogP contribution in [-0.4, -0.2) is 56.7 Å². The zero-order valence-corrected chi connectivity index (χ0v) is 18.3. The van der Waals surface area contributed by atoms with E-state index in [1.807, 2.05) is 53.9 Å². The maximum atomic E-state index is 12.0. The molecule has 2 N–H and O–H groups in total. The number of hydrogen-bond acceptors (Lipinski definition) is 5. The van der Waals surface area contributed by atoms with Crippen molar-refractivity contribution in [3.63, 3.8) is 0 Å². The Kier molecular flexibility index (Phi) is 9.39. The summed E-state index contributed by atoms with van der Waals surface area (Å²) in [7, 11) is 4.10. The zero-order chi connectivity index (χ0) is 19.7. The van der Waals surface area contributed by atoms with Crippen LogP contribution in [-0.2, 0) is 11.3 Å². The van der Waals surface area contributed by atoms with Crippen molar-refractivity contribution < 1.29 is 14.3 Å². The van der Waals surface area contributed by atoms with Crippen LogP contribution in [0.15, 0.2) is 16.6 Å². The standard InChI is InChI=1S/C19H32BrN3O3/c1-7-25-16-10-14(12-21-8-9-23(5)6)15(20)11-17(16)26-13-18(24)22-19(2,3)4/h10-11,21H,7-9,12-13H2,1-6H3,(H,22,24). The molecule has 0 saturated heterocycles. The average Bonchev–Trinajstić information content (AvgIpc) is 2.50. The van der Waals surface area contributed by atoms with E-state index in [0.29, 0.717) is 18.1 Å². The molecule has 1 aromatic rings. The molecular formula is C19H32BrN3O3. The lowest BCUT2D eigenvalue weighted by Crippen LogP contribution is -2.43. The second kappa shape index (κ2) is 10.7. The summed E-state index contributed by atoms with van der Waals surface area (Å²) in [5.41, 5.74) is 0.796. The van der Waals surface area contributed by atoms with Gasteiger partial charge in [0, 0.05) is 29.6 Å². The van der Waals surface area contributed by atoms with Crippen molar-refractivity contribution >= 4 is 21.8 Å². The molecule has 0 bridgehead atoms. The topological polar surface area (TPSA) is 62.8 Å². The lowest BCUT2D eigenvalue weighted by Gasteiger charge is -2.21. The maximum Gasteiger partial charge on any atom is 0.258 e. The summed E-state index contributed by atoms with van der Waals surface area (Å²) in [6.45, 7) is 10.8. The van der Waals surface area contributed by atoms with Gasteiger partial charge in [0.05, 0.1) is 6.61 Å². The normalized spacial score (nSPS) is 11.5. The number of benzene rings is 1. The number of nitrogens with zero attached hydrogens (tertiary/aromatic N) is 1. The van der Waals surface area contributed by atoms with Crippen LogP contribution in [0.3, 0.4) is 0 Å². The number of carbonyl (C=O) groups excluding carboxylic acids is 1. The minimum absolute atomic E-state index is 0.0514. The first-order valence-corrected chi connectivity index (χ1v) is 9.66. The smallest absolute Gasteiger partial charge is 0.258 e. The van der Waals surface area contributed by atoms with Crippen LogP contribution in [0, 0.1) is 0 Å². The maximum absolute atomic E-state index is 12.0. The lowest BCUT2D eigenvalue weighted by molar-refractivity contribution is -0.124. The van der Waals surface area contributed by atoms with Crippen LogP contribution in [0.2, 0.25) is 0 Å². The first kappa shape index (κ1) is 22.7. The molecule has 1 aromatic carbocycles. The fraction of sp³-hybridized carbons (Fsp3) is 0.632. The summed E-state index contributed by atoms with van der Waals surface area (Å²) in [4.78, 5) is 14.1. The monoisotopic (exact) mass is 429 g/mol. The van der Waals surface area contributed by atoms with E-state index in [4.69, 9.17) is 9.47 Å². The van der Waals surface area contributed by atoms with Crippen molar-refractivity contribution in [3.05, 3.63) is 22.2 Å². The van der Waals surface area contributed by atoms with Gasteiger partial charge >= 0.3 is 0 Å². The van der Waals surface area contributed by atoms with Gasteiger partial charge < -0.3 is 25.0 Å². The Bertz CT molecular complexity index is 586. The fourth-order valence-electron chi connectivity index (χ4n) is 2.22. The molecule has 0 aliphatic carbocycles. The number of nitrogens with one attached hydrogen (secondary N) is 2. The molecular weight excluding hydrogens is 398 g/mol. The number of carbonyl (C=O) groups is 1. The van der Waals surface area contributed by atoms with Gasteiger partial charge in [-0.15, -0.1) is 0 Å². The lowest BCUT2D eigenvalue weighted by atomic mass is 10.1. The molecule has 1 amide bonds. The first-order chi connectivity index (χ1) is 12.1. The highest BCUT2D eigenvalue weighted by molar-refractivity contribution is 9.10. The molecule has 0 aromatic heterocycles. The number of ether oxygens (including phenoxy) is 2. The fourth-order valence-corrected chi connectivity index (χ4v) is 2.68. The van der Waals surface area contributed by atoms with Crippen molar-refractivity contribution in [1.29, 1.82) is 0 Å². The van der Waals surface area contributed by atoms with E-state index in [1.54, 1.807) is 0 Å². The van der Waals surface area contributed by atoms with Gasteiger partial charge in [-0.1, -0.05) is 15.9 Å². The van der Waals surface area contributed by atoms with Gasteiger partial charge in [0.1, 0.15) is 0 Å². The number of likely N-dealkylation sites (N-methyl/N-ethyl adjacent to an activating group) is 1. The van der Waals surface area contributed by atoms with Crippen LogP contribution >= 0.6 is 15.9 Å². The average molecular weight is 430 g/mol. The second-order valence-corrected chi connectivity index (χ2v) is 8.24. The third-order valence-corrected chi connectivity index (χ3v) is 4.08. The van der Waals surface area contributed by atoms with E-state index in [0.717, 1.165) is 29.7 Å². The molecule has 0 radical (unpaired) electrons. The number of hydrogen-bond donors (Lipinski definition) is 2. The molecule has 0 aliphatic rings. The SMILES string of the molecule is CCOc1cc(CNCCN(C)C)c(Br)cc1OCC(=O)NC(C)(C)C. The van der Waals surface area contributed by atoms with E-state index < -0.39 is 0 Å². The number of halogens is 1. The molecule has 6 nitrogen and oxygen atoms in total. The predicted molar refractivity (Wildman–Crippen MR) is 109 cm³/mol. The summed E-state index contributed by atoms with van der Waals surface area (Å²) >= 11 is 3.58. The van der Waals surface area contributed by atoms with Crippen molar-refractivity contribution in [1.82, 2.24) is 15.5 Å². The summed E-state index contributed by atoms with van der Waals surface area (Å²) in [6, 6.07) is 3.81. The third-order valence-electron chi connectivity index (χ3n) is 3.34. The van der Waals surface area contributed by atoms with Gasteiger partial charge in [-0.25, -0.2) is 0 Å². The Morgan fingerprint density at radius 1 is 1.19 bits per heavy atom. The van der Waals surface area contributed by atoms with Crippen LogP contribution in [0.4, 0.5) is 0 Å². The molecule has 7 heteroatoms. The largest absolute Gasteiger partial charge is 0.490 e. The van der Waals surface area contributed by atoms with Crippen molar-refractivity contribution in [2.45, 2.75) is 39.8 Å². The zero-order valence-electron chi connectivity index (χ0n) is 16.7. The molecule has 0 heterocycles. The molecule has 1 rings (SSSR count). The van der Waals surface area contributed by atoms with E-state index in [-0.39, 0.29) is 18.1 Å². The summed E-state index contributed by atoms with van der Waals surface area (Å²) in [5.74, 6) is 1.04. The summed E-state index contributed by atoms with van der Waals surface area (Å²) in [6.07, 6.45) is 0. The van der Waals surface area contributed by atoms with Gasteiger partial charge in [-0.05, 0) is 59.5 Å². The Morgan fingerprint density at radius 3 is 2.42 bits per heavy atom. The molecule has 148 valence electrons. The molecule has 0 unspecified atom stereocenters. The predicted octanol–water partition coefficient (Wildman–Crippen LogP) is 2.79. The molecule has 0 saturated carbocycles. The van der Waals surface area contributed by atoms with Gasteiger partial charge in [0.25, 0.3) is 5.91 Å². The Morgan fingerprint density at radius 2 is 1.85 bits per heavy atom. The van der Waals surface area contributed by atoms with Crippen molar-refractivity contribution in [2.24, 2.45) is 0 Å². The second-order valence-electron chi connectivity index (χ2n) is 7.39. The Hall–Kier alpha value is -1.31. The van der Waals surface area contributed by atoms with Gasteiger partial charge in [0.15, 0.2) is 18.1 Å². The molecule has 26 heavy (non-hydrogen) atoms. The van der Waals surface area contributed by atoms with E-state index in [2.05, 4.69) is 31.5 Å². The third kappa shape index (κ3) is 8.87. The summed E-state index contributed by atoms with van der Waals surface area (Å²) < 4.78 is 12.3. The van der Waals surface area contributed by atoms with Crippen LogP contribution < -0.4 is 20.1 Å². The summed E-state index contributed by atoms with van der Waals surface area (Å²) in [5, 5.41) is 6.29. The van der Waals surface area contributed by atoms with Crippen molar-refractivity contribution in [3.8, 4) is 11.5 Å². The van der Waals surface area contributed by atoms with Gasteiger partial charge in [0.2, 0.25) is 0 Å². The van der Waals surface area contributed by atoms with E-state index in [1.165, 1.54) is 0 Å². The molecule has 0 spiro atoms. The minimum atomic E-state index is -0.286. The van der Waals surface area contributed by atoms with Crippen LogP contribution in [0.1, 0.15) is 33.3 Å². The Balaban J connectivity index is 2.76. The highest BCUT2D eigenvalue weighted by atomic mass is 79.9. The molecule has 0 fully saturated rings. The van der Waals surface area contributed by atoms with Crippen molar-refractivity contribution in [2.75, 3.05) is 40.4 Å². The number of amides is 1. The minimum Gasteiger partial charge on any atom is -0.490 e. The molecule has 0 aliphatic heterocycles. The highest BCUT2D eigenvalue weighted by Gasteiger charge is 2.16. The quantitative estimate of drug-likeness (QED) is 0.559. The van der Waals surface area contributed by atoms with Crippen LogP contribution in [0.25, 0.3) is 0 Å². The highest BCUT2D eigenvalue weighted by Crippen LogP contribution is 2.34. The van der Waals surface area contributed by atoms with Gasteiger partial charge in [-0.3, -0.25) is 4.79 Å².